The fourth-order valence-corrected chi connectivity index (χ4v) is 3.80. The average Bonchev–Trinajstić information content (AvgIpc) is 2.82. The second-order valence-corrected chi connectivity index (χ2v) is 8.06. The Morgan fingerprint density at radius 2 is 1.77 bits per heavy atom. The zero-order valence-corrected chi connectivity index (χ0v) is 19.7. The Morgan fingerprint density at radius 3 is 2.34 bits per heavy atom. The molecule has 35 heavy (non-hydrogen) atoms. The SMILES string of the molecule is COC(=O)Oc1ccc(OCc2ccc(C(C)C(O)(c3ccnc(Cl)c3)C(F)(F)F)c(Cl)c2)nn1. The number of alkyl halides is 3. The number of halogens is 5. The van der Waals surface area contributed by atoms with Crippen LogP contribution in [0.5, 0.6) is 11.8 Å². The molecule has 0 aliphatic heterocycles. The summed E-state index contributed by atoms with van der Waals surface area (Å²) in [7, 11) is 1.14. The maximum atomic E-state index is 14.1. The van der Waals surface area contributed by atoms with E-state index in [-0.39, 0.29) is 34.1 Å². The summed E-state index contributed by atoms with van der Waals surface area (Å²) in [5.41, 5.74) is -3.15. The monoisotopic (exact) mass is 531 g/mol. The number of carbonyl (C=O) groups excluding carboxylic acids is 1. The topological polar surface area (TPSA) is 104 Å². The Labute approximate surface area is 207 Å². The van der Waals surface area contributed by atoms with E-state index >= 15 is 0 Å². The standard InChI is InChI=1S/C22H18Cl2F3N3O5/c1-12(21(32,22(25,26)27)14-7-8-28-17(24)10-14)15-4-3-13(9-16(15)23)11-34-18-5-6-19(30-29-18)35-20(31)33-2/h3-10,12,32H,11H2,1-2H3. The van der Waals surface area contributed by atoms with Crippen molar-refractivity contribution in [2.24, 2.45) is 0 Å². The Bertz CT molecular complexity index is 1200. The number of hydrogen-bond donors (Lipinski definition) is 1. The fraction of sp³-hybridized carbons (Fsp3) is 0.273. The molecule has 0 saturated heterocycles. The number of carbonyl (C=O) groups is 1. The second-order valence-electron chi connectivity index (χ2n) is 7.26. The number of nitrogens with zero attached hydrogens (tertiary/aromatic N) is 3. The van der Waals surface area contributed by atoms with Crippen LogP contribution in [0.25, 0.3) is 0 Å². The third kappa shape index (κ3) is 5.92. The number of hydrogen-bond acceptors (Lipinski definition) is 8. The smallest absolute Gasteiger partial charge is 0.472 e. The predicted molar refractivity (Wildman–Crippen MR) is 118 cm³/mol. The van der Waals surface area contributed by atoms with Gasteiger partial charge in [-0.2, -0.15) is 13.2 Å². The molecule has 0 spiro atoms. The summed E-state index contributed by atoms with van der Waals surface area (Å²) >= 11 is 12.1. The van der Waals surface area contributed by atoms with Crippen molar-refractivity contribution in [3.63, 3.8) is 0 Å². The number of pyridine rings is 1. The fourth-order valence-electron chi connectivity index (χ4n) is 3.26. The Hall–Kier alpha value is -3.15. The highest BCUT2D eigenvalue weighted by molar-refractivity contribution is 6.31. The number of benzene rings is 1. The lowest BCUT2D eigenvalue weighted by atomic mass is 9.78. The summed E-state index contributed by atoms with van der Waals surface area (Å²) in [6, 6.07) is 9.05. The van der Waals surface area contributed by atoms with Crippen LogP contribution < -0.4 is 9.47 Å². The predicted octanol–water partition coefficient (Wildman–Crippen LogP) is 5.46. The molecule has 0 radical (unpaired) electrons. The highest BCUT2D eigenvalue weighted by Gasteiger charge is 2.59. The van der Waals surface area contributed by atoms with Gasteiger partial charge in [-0.25, -0.2) is 9.78 Å². The summed E-state index contributed by atoms with van der Waals surface area (Å²) in [4.78, 5) is 14.7. The van der Waals surface area contributed by atoms with E-state index in [4.69, 9.17) is 32.7 Å². The van der Waals surface area contributed by atoms with E-state index in [1.807, 2.05) is 0 Å². The first-order valence-electron chi connectivity index (χ1n) is 9.87. The van der Waals surface area contributed by atoms with Gasteiger partial charge in [0.05, 0.1) is 7.11 Å². The quantitative estimate of drug-likeness (QED) is 0.316. The van der Waals surface area contributed by atoms with Crippen LogP contribution in [0.4, 0.5) is 18.0 Å². The van der Waals surface area contributed by atoms with E-state index in [2.05, 4.69) is 19.9 Å². The summed E-state index contributed by atoms with van der Waals surface area (Å²) in [5, 5.41) is 18.0. The third-order valence-electron chi connectivity index (χ3n) is 5.11. The van der Waals surface area contributed by atoms with Gasteiger partial charge in [-0.3, -0.25) is 0 Å². The van der Waals surface area contributed by atoms with E-state index in [0.29, 0.717) is 5.56 Å². The van der Waals surface area contributed by atoms with Gasteiger partial charge in [-0.05, 0) is 34.9 Å². The molecule has 2 unspecified atom stereocenters. The number of rotatable bonds is 7. The summed E-state index contributed by atoms with van der Waals surface area (Å²) in [5.74, 6) is -1.49. The first kappa shape index (κ1) is 26.5. The van der Waals surface area contributed by atoms with E-state index < -0.39 is 29.4 Å². The minimum absolute atomic E-state index is 0.00524. The molecular formula is C22H18Cl2F3N3O5. The molecule has 0 aliphatic carbocycles. The van der Waals surface area contributed by atoms with Crippen LogP contribution in [0.15, 0.2) is 48.7 Å². The molecule has 2 heterocycles. The molecule has 0 amide bonds. The number of ether oxygens (including phenoxy) is 3. The minimum atomic E-state index is -5.04. The molecule has 0 saturated carbocycles. The van der Waals surface area contributed by atoms with Crippen molar-refractivity contribution in [2.45, 2.75) is 31.2 Å². The number of aliphatic hydroxyl groups is 1. The van der Waals surface area contributed by atoms with E-state index in [0.717, 1.165) is 25.4 Å². The molecule has 0 fully saturated rings. The zero-order valence-electron chi connectivity index (χ0n) is 18.2. The van der Waals surface area contributed by atoms with Gasteiger partial charge in [-0.1, -0.05) is 42.3 Å². The molecule has 3 rings (SSSR count). The Kier molecular flexibility index (Phi) is 8.04. The van der Waals surface area contributed by atoms with Gasteiger partial charge >= 0.3 is 12.3 Å². The molecule has 186 valence electrons. The maximum Gasteiger partial charge on any atom is 0.514 e. The van der Waals surface area contributed by atoms with Crippen molar-refractivity contribution in [3.8, 4) is 11.8 Å². The van der Waals surface area contributed by atoms with Crippen LogP contribution in [-0.2, 0) is 16.9 Å². The lowest BCUT2D eigenvalue weighted by Crippen LogP contribution is -2.46. The largest absolute Gasteiger partial charge is 0.514 e. The van der Waals surface area contributed by atoms with Crippen LogP contribution in [0.3, 0.4) is 0 Å². The van der Waals surface area contributed by atoms with E-state index in [9.17, 15) is 23.1 Å². The average molecular weight is 532 g/mol. The number of aromatic nitrogens is 3. The van der Waals surface area contributed by atoms with Crippen LogP contribution in [-0.4, -0.2) is 39.7 Å². The second kappa shape index (κ2) is 10.6. The van der Waals surface area contributed by atoms with Crippen LogP contribution in [0, 0.1) is 0 Å². The van der Waals surface area contributed by atoms with Gasteiger partial charge in [0.15, 0.2) is 5.60 Å². The molecule has 2 atom stereocenters. The van der Waals surface area contributed by atoms with Crippen LogP contribution in [0.2, 0.25) is 10.2 Å². The summed E-state index contributed by atoms with van der Waals surface area (Å²) < 4.78 is 56.7. The molecule has 1 N–H and O–H groups in total. The highest BCUT2D eigenvalue weighted by Crippen LogP contribution is 2.50. The van der Waals surface area contributed by atoms with Gasteiger partial charge in [0.1, 0.15) is 11.8 Å². The summed E-state index contributed by atoms with van der Waals surface area (Å²) in [6.07, 6.45) is -4.91. The van der Waals surface area contributed by atoms with Gasteiger partial charge in [0.2, 0.25) is 11.8 Å². The van der Waals surface area contributed by atoms with Crippen molar-refractivity contribution in [1.29, 1.82) is 0 Å². The molecule has 1 aromatic carbocycles. The maximum absolute atomic E-state index is 14.1. The van der Waals surface area contributed by atoms with Gasteiger partial charge in [0.25, 0.3) is 0 Å². The van der Waals surface area contributed by atoms with Crippen LogP contribution in [0.1, 0.15) is 29.5 Å². The zero-order chi connectivity index (χ0) is 25.8. The van der Waals surface area contributed by atoms with Crippen molar-refractivity contribution in [1.82, 2.24) is 15.2 Å². The van der Waals surface area contributed by atoms with Gasteiger partial charge < -0.3 is 19.3 Å². The van der Waals surface area contributed by atoms with Crippen LogP contribution >= 0.6 is 23.2 Å². The minimum Gasteiger partial charge on any atom is -0.472 e. The molecule has 0 aliphatic rings. The molecule has 3 aromatic rings. The normalized spacial score (nSPS) is 14.1. The Morgan fingerprint density at radius 1 is 1.09 bits per heavy atom. The van der Waals surface area contributed by atoms with Crippen molar-refractivity contribution < 1.29 is 37.3 Å². The molecule has 2 aromatic heterocycles. The summed E-state index contributed by atoms with van der Waals surface area (Å²) in [6.45, 7) is 1.18. The lowest BCUT2D eigenvalue weighted by molar-refractivity contribution is -0.274. The Balaban J connectivity index is 1.78. The molecule has 0 bridgehead atoms. The van der Waals surface area contributed by atoms with Gasteiger partial charge in [0, 0.05) is 29.3 Å². The third-order valence-corrected chi connectivity index (χ3v) is 5.65. The lowest BCUT2D eigenvalue weighted by Gasteiger charge is -2.37. The molecular weight excluding hydrogens is 514 g/mol. The van der Waals surface area contributed by atoms with Gasteiger partial charge in [-0.15, -0.1) is 10.2 Å². The molecule has 8 nitrogen and oxygen atoms in total. The molecule has 13 heteroatoms. The van der Waals surface area contributed by atoms with Crippen molar-refractivity contribution in [2.75, 3.05) is 7.11 Å². The van der Waals surface area contributed by atoms with Crippen molar-refractivity contribution in [3.05, 3.63) is 75.5 Å². The van der Waals surface area contributed by atoms with Crippen molar-refractivity contribution >= 4 is 29.4 Å². The van der Waals surface area contributed by atoms with E-state index in [1.165, 1.54) is 37.3 Å². The number of methoxy groups -OCH3 is 1. The first-order valence-corrected chi connectivity index (χ1v) is 10.6. The first-order chi connectivity index (χ1) is 16.5. The van der Waals surface area contributed by atoms with E-state index in [1.54, 1.807) is 0 Å². The highest BCUT2D eigenvalue weighted by atomic mass is 35.5.